The van der Waals surface area contributed by atoms with Crippen LogP contribution >= 0.6 is 11.3 Å². The summed E-state index contributed by atoms with van der Waals surface area (Å²) >= 11 is 1.28. The molecule has 0 bridgehead atoms. The zero-order valence-corrected chi connectivity index (χ0v) is 24.5. The number of piperidine rings is 1. The third kappa shape index (κ3) is 5.62. The molecule has 0 aliphatic carbocycles. The highest BCUT2D eigenvalue weighted by atomic mass is 32.1. The second-order valence-electron chi connectivity index (χ2n) is 10.6. The molecule has 1 aliphatic rings. The summed E-state index contributed by atoms with van der Waals surface area (Å²) in [4.78, 5) is 24.7. The van der Waals surface area contributed by atoms with Gasteiger partial charge in [0.15, 0.2) is 0 Å². The van der Waals surface area contributed by atoms with E-state index in [1.807, 2.05) is 38.1 Å². The number of carbonyl (C=O) groups excluding carboxylic acids is 1. The van der Waals surface area contributed by atoms with Crippen molar-refractivity contribution in [3.8, 4) is 22.6 Å². The van der Waals surface area contributed by atoms with E-state index in [9.17, 15) is 4.79 Å². The Morgan fingerprint density at radius 2 is 2.02 bits per heavy atom. The molecular weight excluding hydrogens is 522 g/mol. The second-order valence-corrected chi connectivity index (χ2v) is 11.6. The Morgan fingerprint density at radius 3 is 2.75 bits per heavy atom. The first-order valence-corrected chi connectivity index (χ1v) is 14.6. The van der Waals surface area contributed by atoms with Crippen LogP contribution in [-0.4, -0.2) is 53.6 Å². The van der Waals surface area contributed by atoms with Gasteiger partial charge in [-0.2, -0.15) is 0 Å². The van der Waals surface area contributed by atoms with E-state index in [0.717, 1.165) is 47.5 Å². The maximum absolute atomic E-state index is 12.4. The van der Waals surface area contributed by atoms with Gasteiger partial charge in [-0.1, -0.05) is 31.2 Å². The van der Waals surface area contributed by atoms with Crippen LogP contribution in [0.5, 0.6) is 11.5 Å². The zero-order valence-electron chi connectivity index (χ0n) is 23.7. The Labute approximate surface area is 239 Å². The first-order chi connectivity index (χ1) is 19.3. The number of rotatable bonds is 9. The molecule has 0 unspecified atom stereocenters. The van der Waals surface area contributed by atoms with Crippen LogP contribution in [0, 0.1) is 0 Å². The summed E-state index contributed by atoms with van der Waals surface area (Å²) in [5.41, 5.74) is 9.92. The number of hydrogen-bond acceptors (Lipinski definition) is 8. The van der Waals surface area contributed by atoms with Crippen molar-refractivity contribution in [1.82, 2.24) is 14.9 Å². The van der Waals surface area contributed by atoms with Gasteiger partial charge < -0.3 is 25.4 Å². The summed E-state index contributed by atoms with van der Waals surface area (Å²) in [7, 11) is 3.83. The number of benzene rings is 2. The summed E-state index contributed by atoms with van der Waals surface area (Å²) in [6, 6.07) is 14.6. The molecule has 3 heterocycles. The van der Waals surface area contributed by atoms with Gasteiger partial charge in [0.1, 0.15) is 16.4 Å². The van der Waals surface area contributed by atoms with Gasteiger partial charge in [-0.3, -0.25) is 4.79 Å². The van der Waals surface area contributed by atoms with E-state index in [4.69, 9.17) is 20.2 Å². The molecule has 0 saturated carbocycles. The number of hydrogen-bond donors (Lipinski definition) is 2. The summed E-state index contributed by atoms with van der Waals surface area (Å²) < 4.78 is 12.6. The maximum atomic E-state index is 12.4. The molecule has 0 radical (unpaired) electrons. The Kier molecular flexibility index (Phi) is 8.23. The summed E-state index contributed by atoms with van der Waals surface area (Å²) in [6.07, 6.45) is 5.16. The van der Waals surface area contributed by atoms with Crippen LogP contribution in [0.3, 0.4) is 0 Å². The highest BCUT2D eigenvalue weighted by Crippen LogP contribution is 2.42. The molecule has 2 aromatic heterocycles. The number of aromatic nitrogens is 2. The molecule has 1 amide bonds. The van der Waals surface area contributed by atoms with Crippen LogP contribution in [0.4, 0.5) is 11.6 Å². The molecule has 8 nitrogen and oxygen atoms in total. The van der Waals surface area contributed by atoms with Gasteiger partial charge in [-0.25, -0.2) is 9.97 Å². The summed E-state index contributed by atoms with van der Waals surface area (Å²) in [5, 5.41) is 3.37. The molecule has 3 N–H and O–H groups in total. The van der Waals surface area contributed by atoms with Crippen molar-refractivity contribution in [3.05, 3.63) is 59.1 Å². The van der Waals surface area contributed by atoms with Gasteiger partial charge in [0.2, 0.25) is 5.95 Å². The molecule has 1 fully saturated rings. The lowest BCUT2D eigenvalue weighted by molar-refractivity contribution is 0.100. The molecule has 2 aromatic carbocycles. The number of fused-ring (bicyclic) bond motifs is 1. The lowest BCUT2D eigenvalue weighted by Crippen LogP contribution is -2.38. The van der Waals surface area contributed by atoms with Crippen LogP contribution in [0.1, 0.15) is 61.2 Å². The van der Waals surface area contributed by atoms with Crippen LogP contribution in [-0.2, 0) is 0 Å². The number of ether oxygens (including phenoxy) is 2. The van der Waals surface area contributed by atoms with Crippen LogP contribution in [0.25, 0.3) is 21.3 Å². The lowest BCUT2D eigenvalue weighted by atomic mass is 9.84. The number of likely N-dealkylation sites (tertiary alicyclic amines) is 1. The lowest BCUT2D eigenvalue weighted by Gasteiger charge is -2.37. The average Bonchev–Trinajstić information content (AvgIpc) is 3.33. The fourth-order valence-electron chi connectivity index (χ4n) is 5.55. The van der Waals surface area contributed by atoms with Gasteiger partial charge in [0, 0.05) is 17.2 Å². The van der Waals surface area contributed by atoms with E-state index in [-0.39, 0.29) is 6.10 Å². The minimum atomic E-state index is -0.513. The number of amides is 1. The predicted molar refractivity (Wildman–Crippen MR) is 162 cm³/mol. The Balaban J connectivity index is 1.52. The number of thiophene rings is 1. The molecular formula is C31H37N5O3S. The largest absolute Gasteiger partial charge is 0.496 e. The first kappa shape index (κ1) is 27.9. The molecule has 1 aliphatic heterocycles. The minimum Gasteiger partial charge on any atom is -0.496 e. The number of anilines is 2. The SMILES string of the molecule is CC[C@H]1C[C@H](c2ccc(Nc3ncc4sc(C(N)=O)c(-c5ccccc5OC)c4n3)c(OC(C)C)c2)CCN1C. The molecule has 9 heteroatoms. The summed E-state index contributed by atoms with van der Waals surface area (Å²) in [5.74, 6) is 1.81. The minimum absolute atomic E-state index is 0.00669. The van der Waals surface area contributed by atoms with Crippen molar-refractivity contribution < 1.29 is 14.3 Å². The van der Waals surface area contributed by atoms with E-state index in [0.29, 0.717) is 39.6 Å². The van der Waals surface area contributed by atoms with E-state index in [2.05, 4.69) is 47.4 Å². The predicted octanol–water partition coefficient (Wildman–Crippen LogP) is 6.58. The van der Waals surface area contributed by atoms with Gasteiger partial charge in [0.25, 0.3) is 5.91 Å². The topological polar surface area (TPSA) is 103 Å². The maximum Gasteiger partial charge on any atom is 0.259 e. The van der Waals surface area contributed by atoms with E-state index < -0.39 is 5.91 Å². The number of carbonyl (C=O) groups is 1. The zero-order chi connectivity index (χ0) is 28.4. The standard InChI is InChI=1S/C31H37N5O3S/c1-6-21-15-20(13-14-36(21)4)19-11-12-23(25(16-19)39-18(2)3)34-31-33-17-26-28(35-31)27(29(40-26)30(32)37)22-9-7-8-10-24(22)38-5/h7-12,16-18,20-21H,6,13-15H2,1-5H3,(H2,32,37)(H,33,34,35)/t20-,21+/m1/s1. The smallest absolute Gasteiger partial charge is 0.259 e. The highest BCUT2D eigenvalue weighted by molar-refractivity contribution is 7.21. The van der Waals surface area contributed by atoms with Crippen molar-refractivity contribution in [1.29, 1.82) is 0 Å². The van der Waals surface area contributed by atoms with Gasteiger partial charge >= 0.3 is 0 Å². The number of methoxy groups -OCH3 is 1. The van der Waals surface area contributed by atoms with E-state index in [1.165, 1.54) is 16.9 Å². The van der Waals surface area contributed by atoms with Crippen molar-refractivity contribution in [2.45, 2.75) is 58.1 Å². The van der Waals surface area contributed by atoms with Crippen LogP contribution in [0.2, 0.25) is 0 Å². The Morgan fingerprint density at radius 1 is 1.23 bits per heavy atom. The number of nitrogens with one attached hydrogen (secondary N) is 1. The average molecular weight is 560 g/mol. The fraction of sp³-hybridized carbons (Fsp3) is 0.387. The fourth-order valence-corrected chi connectivity index (χ4v) is 6.52. The number of primary amides is 1. The Bertz CT molecular complexity index is 1520. The van der Waals surface area contributed by atoms with Crippen LogP contribution in [0.15, 0.2) is 48.7 Å². The number of nitrogens with two attached hydrogens (primary N) is 1. The first-order valence-electron chi connectivity index (χ1n) is 13.8. The molecule has 210 valence electrons. The van der Waals surface area contributed by atoms with E-state index >= 15 is 0 Å². The molecule has 1 saturated heterocycles. The molecule has 2 atom stereocenters. The van der Waals surface area contributed by atoms with Gasteiger partial charge in [-0.15, -0.1) is 11.3 Å². The monoisotopic (exact) mass is 559 g/mol. The number of nitrogens with zero attached hydrogens (tertiary/aromatic N) is 3. The van der Waals surface area contributed by atoms with Crippen LogP contribution < -0.4 is 20.5 Å². The summed E-state index contributed by atoms with van der Waals surface area (Å²) in [6.45, 7) is 7.41. The molecule has 5 rings (SSSR count). The van der Waals surface area contributed by atoms with Gasteiger partial charge in [-0.05, 0) is 76.4 Å². The quantitative estimate of drug-likeness (QED) is 0.239. The van der Waals surface area contributed by atoms with Crippen molar-refractivity contribution in [3.63, 3.8) is 0 Å². The third-order valence-electron chi connectivity index (χ3n) is 7.60. The Hall–Kier alpha value is -3.69. The van der Waals surface area contributed by atoms with Gasteiger partial charge in [0.05, 0.1) is 35.3 Å². The molecule has 4 aromatic rings. The second kappa shape index (κ2) is 11.8. The van der Waals surface area contributed by atoms with Crippen molar-refractivity contribution >= 4 is 39.1 Å². The van der Waals surface area contributed by atoms with Crippen molar-refractivity contribution in [2.75, 3.05) is 26.0 Å². The molecule has 0 spiro atoms. The van der Waals surface area contributed by atoms with Crippen molar-refractivity contribution in [2.24, 2.45) is 5.73 Å². The molecule has 40 heavy (non-hydrogen) atoms. The highest BCUT2D eigenvalue weighted by Gasteiger charge is 2.27. The third-order valence-corrected chi connectivity index (χ3v) is 8.73. The number of para-hydroxylation sites is 1. The van der Waals surface area contributed by atoms with E-state index in [1.54, 1.807) is 13.3 Å². The normalized spacial score (nSPS) is 17.8.